The molecule has 0 fully saturated rings. The molecule has 1 atom stereocenters. The van der Waals surface area contributed by atoms with E-state index in [1.165, 1.54) is 93.3 Å². The molecule has 0 bridgehead atoms. The van der Waals surface area contributed by atoms with Crippen molar-refractivity contribution in [1.29, 1.82) is 0 Å². The van der Waals surface area contributed by atoms with E-state index in [1.807, 2.05) is 13.2 Å². The van der Waals surface area contributed by atoms with E-state index in [2.05, 4.69) is 38.9 Å². The lowest BCUT2D eigenvalue weighted by molar-refractivity contribution is 0.314. The van der Waals surface area contributed by atoms with Crippen LogP contribution in [0.1, 0.15) is 111 Å². The summed E-state index contributed by atoms with van der Waals surface area (Å²) in [4.78, 5) is 0. The summed E-state index contributed by atoms with van der Waals surface area (Å²) in [6, 6.07) is 6.04. The van der Waals surface area contributed by atoms with Crippen molar-refractivity contribution in [2.45, 2.75) is 130 Å². The van der Waals surface area contributed by atoms with E-state index >= 15 is 0 Å². The van der Waals surface area contributed by atoms with Gasteiger partial charge < -0.3 is 9.62 Å². The van der Waals surface area contributed by atoms with Gasteiger partial charge in [-0.1, -0.05) is 102 Å². The molecule has 0 aliphatic heterocycles. The second-order valence-corrected chi connectivity index (χ2v) is 14.5. The summed E-state index contributed by atoms with van der Waals surface area (Å²) >= 11 is 0. The quantitative estimate of drug-likeness (QED) is 0.0828. The van der Waals surface area contributed by atoms with Crippen molar-refractivity contribution >= 4 is 19.2 Å². The SMILES string of the molecule is CCCCCCCCCC(CCCc1ccoc1[Si](CC)(CC)CC)CC(C)=NO. The van der Waals surface area contributed by atoms with Gasteiger partial charge >= 0.3 is 0 Å². The van der Waals surface area contributed by atoms with Gasteiger partial charge in [0.2, 0.25) is 0 Å². The summed E-state index contributed by atoms with van der Waals surface area (Å²) in [6.45, 7) is 11.3. The first-order valence-corrected chi connectivity index (χ1v) is 15.4. The van der Waals surface area contributed by atoms with E-state index in [1.54, 1.807) is 0 Å². The molecule has 1 aromatic heterocycles. The number of nitrogens with zero attached hydrogens (tertiary/aromatic N) is 1. The van der Waals surface area contributed by atoms with Crippen molar-refractivity contribution in [3.8, 4) is 0 Å². The lowest BCUT2D eigenvalue weighted by atomic mass is 9.90. The van der Waals surface area contributed by atoms with Gasteiger partial charge in [-0.15, -0.1) is 0 Å². The van der Waals surface area contributed by atoms with Crippen LogP contribution in [0.4, 0.5) is 0 Å². The Labute approximate surface area is 187 Å². The normalized spacial score (nSPS) is 13.7. The van der Waals surface area contributed by atoms with Crippen LogP contribution >= 0.6 is 0 Å². The highest BCUT2D eigenvalue weighted by molar-refractivity contribution is 6.91. The zero-order valence-electron chi connectivity index (χ0n) is 20.6. The van der Waals surface area contributed by atoms with Gasteiger partial charge in [-0.25, -0.2) is 0 Å². The highest BCUT2D eigenvalue weighted by atomic mass is 28.3. The second kappa shape index (κ2) is 15.7. The zero-order valence-corrected chi connectivity index (χ0v) is 21.6. The Bertz CT molecular complexity index is 569. The van der Waals surface area contributed by atoms with Crippen LogP contribution < -0.4 is 5.38 Å². The maximum atomic E-state index is 9.14. The molecule has 0 amide bonds. The Morgan fingerprint density at radius 1 is 0.933 bits per heavy atom. The molecular formula is C26H49NO2Si. The number of rotatable bonds is 18. The van der Waals surface area contributed by atoms with Gasteiger partial charge in [-0.2, -0.15) is 0 Å². The molecule has 30 heavy (non-hydrogen) atoms. The smallest absolute Gasteiger partial charge is 0.131 e. The maximum absolute atomic E-state index is 9.14. The van der Waals surface area contributed by atoms with E-state index in [0.717, 1.165) is 18.6 Å². The molecule has 0 aliphatic rings. The van der Waals surface area contributed by atoms with Gasteiger partial charge in [0.15, 0.2) is 0 Å². The van der Waals surface area contributed by atoms with Crippen LogP contribution in [0.25, 0.3) is 0 Å². The summed E-state index contributed by atoms with van der Waals surface area (Å²) in [5.74, 6) is 0.637. The summed E-state index contributed by atoms with van der Waals surface area (Å²) in [5, 5.41) is 14.0. The number of furan rings is 1. The molecule has 3 nitrogen and oxygen atoms in total. The Hall–Kier alpha value is -1.03. The number of unbranched alkanes of at least 4 members (excludes halogenated alkanes) is 6. The standard InChI is InChI=1S/C26H49NO2Si/c1-6-10-11-12-13-14-15-17-24(22-23(5)27-28)18-16-19-25-20-21-29-26(25)30(7-2,8-3)9-4/h20-21,24,28H,6-19,22H2,1-5H3. The third-order valence-electron chi connectivity index (χ3n) is 7.29. The summed E-state index contributed by atoms with van der Waals surface area (Å²) in [7, 11) is -1.45. The monoisotopic (exact) mass is 435 g/mol. The Morgan fingerprint density at radius 2 is 1.53 bits per heavy atom. The molecule has 0 radical (unpaired) electrons. The van der Waals surface area contributed by atoms with Crippen LogP contribution in [0.3, 0.4) is 0 Å². The molecule has 0 spiro atoms. The minimum Gasteiger partial charge on any atom is -0.474 e. The van der Waals surface area contributed by atoms with Gasteiger partial charge in [0.25, 0.3) is 0 Å². The third-order valence-corrected chi connectivity index (χ3v) is 12.8. The number of hydrogen-bond acceptors (Lipinski definition) is 3. The lowest BCUT2D eigenvalue weighted by Gasteiger charge is -2.26. The molecule has 1 rings (SSSR count). The first-order chi connectivity index (χ1) is 14.6. The fraction of sp³-hybridized carbons (Fsp3) is 0.808. The highest BCUT2D eigenvalue weighted by Gasteiger charge is 2.34. The van der Waals surface area contributed by atoms with Crippen LogP contribution in [-0.2, 0) is 6.42 Å². The van der Waals surface area contributed by atoms with E-state index in [9.17, 15) is 0 Å². The van der Waals surface area contributed by atoms with Crippen LogP contribution in [-0.4, -0.2) is 19.0 Å². The van der Waals surface area contributed by atoms with Crippen LogP contribution in [0.15, 0.2) is 21.9 Å². The lowest BCUT2D eigenvalue weighted by Crippen LogP contribution is -2.46. The number of oxime groups is 1. The average Bonchev–Trinajstić information content (AvgIpc) is 3.23. The minimum atomic E-state index is -1.45. The predicted molar refractivity (Wildman–Crippen MR) is 134 cm³/mol. The van der Waals surface area contributed by atoms with E-state index in [0.29, 0.717) is 5.92 Å². The van der Waals surface area contributed by atoms with Gasteiger partial charge in [0.05, 0.1) is 17.4 Å². The molecule has 1 heterocycles. The van der Waals surface area contributed by atoms with Crippen LogP contribution in [0.5, 0.6) is 0 Å². The van der Waals surface area contributed by atoms with Crippen LogP contribution in [0.2, 0.25) is 18.1 Å². The third kappa shape index (κ3) is 8.99. The Balaban J connectivity index is 2.55. The molecule has 1 unspecified atom stereocenters. The van der Waals surface area contributed by atoms with Crippen LogP contribution in [0, 0.1) is 5.92 Å². The second-order valence-electron chi connectivity index (χ2n) is 9.32. The average molecular weight is 436 g/mol. The van der Waals surface area contributed by atoms with Gasteiger partial charge in [0, 0.05) is 0 Å². The molecule has 4 heteroatoms. The fourth-order valence-corrected chi connectivity index (χ4v) is 8.68. The summed E-state index contributed by atoms with van der Waals surface area (Å²) in [5.41, 5.74) is 2.34. The van der Waals surface area contributed by atoms with Crippen molar-refractivity contribution in [3.63, 3.8) is 0 Å². The van der Waals surface area contributed by atoms with E-state index in [-0.39, 0.29) is 0 Å². The largest absolute Gasteiger partial charge is 0.474 e. The molecule has 0 aromatic carbocycles. The molecule has 0 saturated carbocycles. The van der Waals surface area contributed by atoms with Crippen molar-refractivity contribution in [3.05, 3.63) is 17.9 Å². The Morgan fingerprint density at radius 3 is 2.13 bits per heavy atom. The topological polar surface area (TPSA) is 45.7 Å². The zero-order chi connectivity index (χ0) is 22.2. The molecule has 174 valence electrons. The summed E-state index contributed by atoms with van der Waals surface area (Å²) in [6.07, 6.45) is 17.2. The molecule has 0 saturated heterocycles. The number of aryl methyl sites for hydroxylation is 1. The minimum absolute atomic E-state index is 0.637. The van der Waals surface area contributed by atoms with E-state index < -0.39 is 8.07 Å². The van der Waals surface area contributed by atoms with Crippen molar-refractivity contribution in [2.24, 2.45) is 11.1 Å². The van der Waals surface area contributed by atoms with E-state index in [4.69, 9.17) is 9.62 Å². The Kier molecular flexibility index (Phi) is 14.2. The first-order valence-electron chi connectivity index (χ1n) is 12.8. The molecule has 0 aliphatic carbocycles. The van der Waals surface area contributed by atoms with Gasteiger partial charge in [0.1, 0.15) is 8.07 Å². The van der Waals surface area contributed by atoms with Gasteiger partial charge in [-0.05, 0) is 50.2 Å². The highest BCUT2D eigenvalue weighted by Crippen LogP contribution is 2.25. The molecular weight excluding hydrogens is 386 g/mol. The van der Waals surface area contributed by atoms with Crippen molar-refractivity contribution in [1.82, 2.24) is 0 Å². The van der Waals surface area contributed by atoms with Crippen molar-refractivity contribution in [2.75, 3.05) is 0 Å². The molecule has 1 aromatic rings. The van der Waals surface area contributed by atoms with Crippen molar-refractivity contribution < 1.29 is 9.62 Å². The van der Waals surface area contributed by atoms with Gasteiger partial charge in [-0.3, -0.25) is 0 Å². The fourth-order valence-electron chi connectivity index (χ4n) is 5.01. The molecule has 1 N–H and O–H groups in total. The predicted octanol–water partition coefficient (Wildman–Crippen LogP) is 8.31. The first kappa shape index (κ1) is 27.0. The maximum Gasteiger partial charge on any atom is 0.131 e. The summed E-state index contributed by atoms with van der Waals surface area (Å²) < 4.78 is 6.07. The number of hydrogen-bond donors (Lipinski definition) is 1.